The summed E-state index contributed by atoms with van der Waals surface area (Å²) in [5, 5.41) is 68.3. The molecule has 0 amide bonds. The number of carbonyl (C=O) groups is 3. The topological polar surface area (TPSA) is 211 Å². The van der Waals surface area contributed by atoms with Crippen molar-refractivity contribution in [3.8, 4) is 34.5 Å². The Morgan fingerprint density at radius 1 is 0.821 bits per heavy atom. The molecular weight excluding hydrogens is 516 g/mol. The van der Waals surface area contributed by atoms with E-state index in [1.807, 2.05) is 0 Å². The van der Waals surface area contributed by atoms with Crippen molar-refractivity contribution in [2.24, 2.45) is 0 Å². The van der Waals surface area contributed by atoms with Crippen molar-refractivity contribution in [2.75, 3.05) is 0 Å². The summed E-state index contributed by atoms with van der Waals surface area (Å²) in [5.74, 6) is -7.16. The predicted molar refractivity (Wildman–Crippen MR) is 131 cm³/mol. The maximum atomic E-state index is 12.6. The minimum atomic E-state index is -1.59. The van der Waals surface area contributed by atoms with Crippen LogP contribution in [0.5, 0.6) is 34.5 Å². The number of hydrogen-bond donors (Lipinski definition) is 7. The number of aromatic hydroxyl groups is 5. The van der Waals surface area contributed by atoms with Crippen LogP contribution in [-0.4, -0.2) is 59.8 Å². The van der Waals surface area contributed by atoms with Crippen LogP contribution in [-0.2, 0) is 32.0 Å². The fourth-order valence-electron chi connectivity index (χ4n) is 4.43. The number of fused-ring (bicyclic) bond motifs is 1. The number of hydrogen-bond acceptors (Lipinski definition) is 10. The highest BCUT2D eigenvalue weighted by molar-refractivity contribution is 5.82. The first kappa shape index (κ1) is 26.9. The average Bonchev–Trinajstić information content (AvgIpc) is 3.29. The zero-order chi connectivity index (χ0) is 28.4. The maximum Gasteiger partial charge on any atom is 0.345 e. The van der Waals surface area contributed by atoms with E-state index in [0.717, 1.165) is 12.1 Å². The molecule has 0 aliphatic carbocycles. The van der Waals surface area contributed by atoms with Gasteiger partial charge in [0.15, 0.2) is 34.5 Å². The first-order valence-electron chi connectivity index (χ1n) is 11.7. The lowest BCUT2D eigenvalue weighted by molar-refractivity contribution is -0.163. The van der Waals surface area contributed by atoms with Gasteiger partial charge in [0.2, 0.25) is 6.10 Å². The molecule has 1 aliphatic heterocycles. The van der Waals surface area contributed by atoms with Crippen LogP contribution in [0.1, 0.15) is 40.7 Å². The third-order valence-corrected chi connectivity index (χ3v) is 6.33. The van der Waals surface area contributed by atoms with Crippen LogP contribution in [0.4, 0.5) is 0 Å². The first-order valence-corrected chi connectivity index (χ1v) is 11.7. The number of ether oxygens (including phenoxy) is 2. The molecule has 39 heavy (non-hydrogen) atoms. The minimum Gasteiger partial charge on any atom is -0.504 e. The molecule has 1 heterocycles. The molecule has 0 radical (unpaired) electrons. The molecule has 3 unspecified atom stereocenters. The molecular formula is C27H24O12. The van der Waals surface area contributed by atoms with Gasteiger partial charge in [-0.1, -0.05) is 18.2 Å². The molecule has 0 saturated carbocycles. The highest BCUT2D eigenvalue weighted by Gasteiger charge is 2.44. The van der Waals surface area contributed by atoms with Gasteiger partial charge in [-0.05, 0) is 53.4 Å². The zero-order valence-corrected chi connectivity index (χ0v) is 20.1. The Bertz CT molecular complexity index is 1450. The van der Waals surface area contributed by atoms with E-state index in [-0.39, 0.29) is 41.9 Å². The second-order valence-corrected chi connectivity index (χ2v) is 8.93. The third kappa shape index (κ3) is 5.59. The lowest BCUT2D eigenvalue weighted by Gasteiger charge is -2.17. The SMILES string of the molecule is O=C(CCc1ccc(O)c2c1C(C(=O)O)C(c1ccc(O)c(O)c1)O2)OC(Cc1ccc(O)c(O)c1)C(=O)O. The molecule has 0 bridgehead atoms. The zero-order valence-electron chi connectivity index (χ0n) is 20.1. The van der Waals surface area contributed by atoms with Crippen LogP contribution in [0.15, 0.2) is 48.5 Å². The summed E-state index contributed by atoms with van der Waals surface area (Å²) in [4.78, 5) is 36.5. The molecule has 3 atom stereocenters. The van der Waals surface area contributed by atoms with Crippen LogP contribution in [0.25, 0.3) is 0 Å². The molecule has 3 aromatic rings. The fraction of sp³-hybridized carbons (Fsp3) is 0.222. The number of carbonyl (C=O) groups excluding carboxylic acids is 1. The molecule has 0 fully saturated rings. The molecule has 0 aromatic heterocycles. The Labute approximate surface area is 220 Å². The first-order chi connectivity index (χ1) is 18.5. The number of aryl methyl sites for hydroxylation is 1. The standard InChI is InChI=1S/C27H24O12/c28-15-5-1-12(9-18(15)31)10-20(26(34)35)38-21(33)8-4-13-2-7-17(30)25-22(13)23(27(36)37)24(39-25)14-3-6-16(29)19(32)11-14/h1-3,5-7,9,11,20,23-24,28-32H,4,8,10H2,(H,34,35)(H,36,37). The number of carboxylic acid groups (broad SMARTS) is 2. The number of phenols is 5. The summed E-state index contributed by atoms with van der Waals surface area (Å²) in [6.45, 7) is 0. The second-order valence-electron chi connectivity index (χ2n) is 8.93. The highest BCUT2D eigenvalue weighted by atomic mass is 16.6. The number of rotatable bonds is 9. The van der Waals surface area contributed by atoms with Crippen molar-refractivity contribution in [3.05, 3.63) is 70.8 Å². The smallest absolute Gasteiger partial charge is 0.345 e. The molecule has 12 nitrogen and oxygen atoms in total. The predicted octanol–water partition coefficient (Wildman–Crippen LogP) is 2.69. The number of esters is 1. The van der Waals surface area contributed by atoms with Gasteiger partial charge in [0.1, 0.15) is 12.0 Å². The quantitative estimate of drug-likeness (QED) is 0.154. The van der Waals surface area contributed by atoms with Gasteiger partial charge >= 0.3 is 17.9 Å². The van der Waals surface area contributed by atoms with E-state index in [4.69, 9.17) is 9.47 Å². The van der Waals surface area contributed by atoms with Gasteiger partial charge in [-0.2, -0.15) is 0 Å². The molecule has 1 aliphatic rings. The Morgan fingerprint density at radius 2 is 1.46 bits per heavy atom. The van der Waals surface area contributed by atoms with Crippen molar-refractivity contribution < 1.29 is 59.6 Å². The highest BCUT2D eigenvalue weighted by Crippen LogP contribution is 2.52. The van der Waals surface area contributed by atoms with Gasteiger partial charge in [-0.3, -0.25) is 9.59 Å². The second kappa shape index (κ2) is 10.7. The van der Waals surface area contributed by atoms with Crippen molar-refractivity contribution >= 4 is 17.9 Å². The molecule has 0 spiro atoms. The summed E-state index contributed by atoms with van der Waals surface area (Å²) in [6, 6.07) is 10.1. The molecule has 4 rings (SSSR count). The van der Waals surface area contributed by atoms with Gasteiger partial charge < -0.3 is 45.2 Å². The Morgan fingerprint density at radius 3 is 2.08 bits per heavy atom. The lowest BCUT2D eigenvalue weighted by Crippen LogP contribution is -2.29. The van der Waals surface area contributed by atoms with Crippen molar-refractivity contribution in [2.45, 2.75) is 37.4 Å². The Balaban J connectivity index is 1.52. The van der Waals surface area contributed by atoms with E-state index in [1.165, 1.54) is 36.4 Å². The summed E-state index contributed by atoms with van der Waals surface area (Å²) >= 11 is 0. The lowest BCUT2D eigenvalue weighted by atomic mass is 9.86. The molecule has 0 saturated heterocycles. The normalized spacial score (nSPS) is 16.6. The maximum absolute atomic E-state index is 12.6. The van der Waals surface area contributed by atoms with E-state index in [9.17, 15) is 50.1 Å². The Kier molecular flexibility index (Phi) is 7.38. The monoisotopic (exact) mass is 540 g/mol. The fourth-order valence-corrected chi connectivity index (χ4v) is 4.43. The summed E-state index contributed by atoms with van der Waals surface area (Å²) < 4.78 is 10.9. The van der Waals surface area contributed by atoms with E-state index >= 15 is 0 Å². The summed E-state index contributed by atoms with van der Waals surface area (Å²) in [5.41, 5.74) is 0.980. The van der Waals surface area contributed by atoms with Gasteiger partial charge in [0.25, 0.3) is 0 Å². The van der Waals surface area contributed by atoms with Crippen LogP contribution < -0.4 is 4.74 Å². The van der Waals surface area contributed by atoms with Crippen LogP contribution in [0.3, 0.4) is 0 Å². The number of carboxylic acids is 2. The van der Waals surface area contributed by atoms with Crippen LogP contribution in [0.2, 0.25) is 0 Å². The Hall–Kier alpha value is -5.13. The third-order valence-electron chi connectivity index (χ3n) is 6.33. The number of aliphatic carboxylic acids is 2. The molecule has 204 valence electrons. The molecule has 12 heteroatoms. The van der Waals surface area contributed by atoms with E-state index in [1.54, 1.807) is 0 Å². The summed E-state index contributed by atoms with van der Waals surface area (Å²) in [6.07, 6.45) is -3.44. The molecule has 7 N–H and O–H groups in total. The summed E-state index contributed by atoms with van der Waals surface area (Å²) in [7, 11) is 0. The van der Waals surface area contributed by atoms with Gasteiger partial charge in [0, 0.05) is 18.4 Å². The average molecular weight is 540 g/mol. The van der Waals surface area contributed by atoms with E-state index in [2.05, 4.69) is 0 Å². The largest absolute Gasteiger partial charge is 0.504 e. The van der Waals surface area contributed by atoms with Crippen LogP contribution >= 0.6 is 0 Å². The van der Waals surface area contributed by atoms with Gasteiger partial charge in [0.05, 0.1) is 0 Å². The van der Waals surface area contributed by atoms with E-state index < -0.39 is 59.0 Å². The minimum absolute atomic E-state index is 0.0749. The molecule has 3 aromatic carbocycles. The van der Waals surface area contributed by atoms with Crippen LogP contribution in [0, 0.1) is 0 Å². The van der Waals surface area contributed by atoms with Gasteiger partial charge in [-0.25, -0.2) is 4.79 Å². The van der Waals surface area contributed by atoms with E-state index in [0.29, 0.717) is 11.1 Å². The van der Waals surface area contributed by atoms with Crippen molar-refractivity contribution in [1.82, 2.24) is 0 Å². The van der Waals surface area contributed by atoms with Gasteiger partial charge in [-0.15, -0.1) is 0 Å². The van der Waals surface area contributed by atoms with Crippen molar-refractivity contribution in [1.29, 1.82) is 0 Å². The number of benzene rings is 3. The number of phenolic OH excluding ortho intramolecular Hbond substituents is 5. The van der Waals surface area contributed by atoms with Crippen molar-refractivity contribution in [3.63, 3.8) is 0 Å².